The van der Waals surface area contributed by atoms with Gasteiger partial charge in [0, 0.05) is 12.6 Å². The lowest BCUT2D eigenvalue weighted by atomic mass is 9.93. The van der Waals surface area contributed by atoms with Gasteiger partial charge in [0.05, 0.1) is 0 Å². The molecule has 2 nitrogen and oxygen atoms in total. The van der Waals surface area contributed by atoms with Crippen LogP contribution in [0.1, 0.15) is 51.9 Å². The van der Waals surface area contributed by atoms with E-state index in [-0.39, 0.29) is 6.61 Å². The van der Waals surface area contributed by atoms with Crippen molar-refractivity contribution in [2.24, 2.45) is 5.92 Å². The van der Waals surface area contributed by atoms with Crippen LogP contribution < -0.4 is 5.32 Å². The normalized spacial score (nSPS) is 20.2. The van der Waals surface area contributed by atoms with E-state index >= 15 is 0 Å². The molecule has 0 aromatic heterocycles. The monoisotopic (exact) mass is 281 g/mol. The highest BCUT2D eigenvalue weighted by molar-refractivity contribution is 4.74. The zero-order chi connectivity index (χ0) is 14.1. The molecule has 1 fully saturated rings. The molecule has 0 bridgehead atoms. The average molecular weight is 281 g/mol. The Bertz CT molecular complexity index is 225. The third-order valence-corrected chi connectivity index (χ3v) is 3.80. The highest BCUT2D eigenvalue weighted by Gasteiger charge is 2.27. The van der Waals surface area contributed by atoms with Gasteiger partial charge in [0.15, 0.2) is 0 Å². The second kappa shape index (κ2) is 8.80. The van der Waals surface area contributed by atoms with Crippen molar-refractivity contribution in [2.75, 3.05) is 19.8 Å². The highest BCUT2D eigenvalue weighted by atomic mass is 19.4. The van der Waals surface area contributed by atoms with Gasteiger partial charge in [-0.3, -0.25) is 0 Å². The number of hydrogen-bond donors (Lipinski definition) is 1. The molecule has 0 spiro atoms. The van der Waals surface area contributed by atoms with Gasteiger partial charge in [-0.15, -0.1) is 0 Å². The van der Waals surface area contributed by atoms with Gasteiger partial charge in [-0.2, -0.15) is 13.2 Å². The second-order valence-corrected chi connectivity index (χ2v) is 5.52. The molecule has 1 rings (SSSR count). The average Bonchev–Trinajstić information content (AvgIpc) is 2.60. The van der Waals surface area contributed by atoms with E-state index in [4.69, 9.17) is 0 Å². The molecule has 0 aliphatic heterocycles. The lowest BCUT2D eigenvalue weighted by Crippen LogP contribution is -2.34. The van der Waals surface area contributed by atoms with Crippen LogP contribution in [-0.2, 0) is 4.74 Å². The number of alkyl halides is 3. The Hall–Kier alpha value is -0.290. The first kappa shape index (κ1) is 16.8. The minimum Gasteiger partial charge on any atom is -0.372 e. The molecule has 5 heteroatoms. The van der Waals surface area contributed by atoms with Gasteiger partial charge in [0.25, 0.3) is 0 Å². The van der Waals surface area contributed by atoms with Crippen LogP contribution in [0.5, 0.6) is 0 Å². The fraction of sp³-hybridized carbons (Fsp3) is 1.00. The highest BCUT2D eigenvalue weighted by Crippen LogP contribution is 2.25. The van der Waals surface area contributed by atoms with Crippen LogP contribution >= 0.6 is 0 Å². The van der Waals surface area contributed by atoms with Crippen LogP contribution in [0.15, 0.2) is 0 Å². The summed E-state index contributed by atoms with van der Waals surface area (Å²) >= 11 is 0. The maximum Gasteiger partial charge on any atom is 0.411 e. The van der Waals surface area contributed by atoms with Gasteiger partial charge >= 0.3 is 6.18 Å². The number of hydrogen-bond acceptors (Lipinski definition) is 2. The minimum absolute atomic E-state index is 0.171. The maximum atomic E-state index is 11.8. The van der Waals surface area contributed by atoms with Crippen molar-refractivity contribution >= 4 is 0 Å². The fourth-order valence-corrected chi connectivity index (χ4v) is 2.67. The first-order chi connectivity index (χ1) is 8.99. The lowest BCUT2D eigenvalue weighted by molar-refractivity contribution is -0.173. The summed E-state index contributed by atoms with van der Waals surface area (Å²) < 4.78 is 40.1. The first-order valence-electron chi connectivity index (χ1n) is 7.37. The Labute approximate surface area is 114 Å². The van der Waals surface area contributed by atoms with Gasteiger partial charge < -0.3 is 10.1 Å². The smallest absolute Gasteiger partial charge is 0.372 e. The Morgan fingerprint density at radius 2 is 1.79 bits per heavy atom. The van der Waals surface area contributed by atoms with E-state index in [1.165, 1.54) is 38.5 Å². The first-order valence-corrected chi connectivity index (χ1v) is 7.37. The minimum atomic E-state index is -4.21. The van der Waals surface area contributed by atoms with E-state index in [9.17, 15) is 13.2 Å². The fourth-order valence-electron chi connectivity index (χ4n) is 2.67. The topological polar surface area (TPSA) is 21.3 Å². The summed E-state index contributed by atoms with van der Waals surface area (Å²) in [7, 11) is 0. The van der Waals surface area contributed by atoms with Crippen molar-refractivity contribution in [1.82, 2.24) is 5.32 Å². The van der Waals surface area contributed by atoms with E-state index in [1.54, 1.807) is 0 Å². The molecule has 0 aromatic carbocycles. The molecule has 0 heterocycles. The van der Waals surface area contributed by atoms with Crippen LogP contribution in [0.25, 0.3) is 0 Å². The summed E-state index contributed by atoms with van der Waals surface area (Å²) in [5.74, 6) is 0.721. The molecule has 1 saturated carbocycles. The van der Waals surface area contributed by atoms with Crippen LogP contribution in [0, 0.1) is 5.92 Å². The summed E-state index contributed by atoms with van der Waals surface area (Å²) in [6, 6.07) is 0.459. The van der Waals surface area contributed by atoms with Gasteiger partial charge in [-0.05, 0) is 38.6 Å². The SMILES string of the molecule is C[C@H](NCCCOCC(F)(F)F)C1CCCCCC1. The molecule has 0 aromatic rings. The molecule has 1 N–H and O–H groups in total. The number of ether oxygens (including phenoxy) is 1. The predicted octanol–water partition coefficient (Wildman–Crippen LogP) is 3.90. The van der Waals surface area contributed by atoms with Crippen molar-refractivity contribution in [3.8, 4) is 0 Å². The number of halogens is 3. The van der Waals surface area contributed by atoms with Crippen LogP contribution in [0.2, 0.25) is 0 Å². The van der Waals surface area contributed by atoms with Crippen LogP contribution in [-0.4, -0.2) is 32.0 Å². The van der Waals surface area contributed by atoms with Crippen molar-refractivity contribution in [2.45, 2.75) is 64.1 Å². The van der Waals surface area contributed by atoms with Crippen molar-refractivity contribution in [1.29, 1.82) is 0 Å². The van der Waals surface area contributed by atoms with Crippen molar-refractivity contribution in [3.05, 3.63) is 0 Å². The van der Waals surface area contributed by atoms with E-state index in [1.807, 2.05) is 0 Å². The zero-order valence-corrected chi connectivity index (χ0v) is 11.8. The molecule has 0 radical (unpaired) electrons. The molecule has 19 heavy (non-hydrogen) atoms. The summed E-state index contributed by atoms with van der Waals surface area (Å²) in [6.45, 7) is 1.96. The third kappa shape index (κ3) is 8.47. The Morgan fingerprint density at radius 3 is 2.37 bits per heavy atom. The zero-order valence-electron chi connectivity index (χ0n) is 11.8. The molecule has 114 valence electrons. The molecule has 1 aliphatic rings. The van der Waals surface area contributed by atoms with Gasteiger partial charge in [-0.25, -0.2) is 0 Å². The molecular formula is C14H26F3NO. The van der Waals surface area contributed by atoms with E-state index < -0.39 is 12.8 Å². The van der Waals surface area contributed by atoms with Crippen LogP contribution in [0.4, 0.5) is 13.2 Å². The van der Waals surface area contributed by atoms with E-state index in [0.717, 1.165) is 12.5 Å². The molecule has 0 amide bonds. The van der Waals surface area contributed by atoms with Crippen LogP contribution in [0.3, 0.4) is 0 Å². The number of rotatable bonds is 7. The number of nitrogens with one attached hydrogen (secondary N) is 1. The Balaban J connectivity index is 2.01. The van der Waals surface area contributed by atoms with Gasteiger partial charge in [-0.1, -0.05) is 25.7 Å². The summed E-state index contributed by atoms with van der Waals surface area (Å²) in [4.78, 5) is 0. The lowest BCUT2D eigenvalue weighted by Gasteiger charge is -2.23. The van der Waals surface area contributed by atoms with E-state index in [0.29, 0.717) is 12.5 Å². The van der Waals surface area contributed by atoms with Gasteiger partial charge in [0.2, 0.25) is 0 Å². The summed E-state index contributed by atoms with van der Waals surface area (Å²) in [5, 5.41) is 3.42. The molecule has 0 unspecified atom stereocenters. The second-order valence-electron chi connectivity index (χ2n) is 5.52. The van der Waals surface area contributed by atoms with Gasteiger partial charge in [0.1, 0.15) is 6.61 Å². The Kier molecular flexibility index (Phi) is 7.76. The van der Waals surface area contributed by atoms with Crippen molar-refractivity contribution < 1.29 is 17.9 Å². The summed E-state index contributed by atoms with van der Waals surface area (Å²) in [6.07, 6.45) is 4.28. The van der Waals surface area contributed by atoms with Crippen molar-refractivity contribution in [3.63, 3.8) is 0 Å². The Morgan fingerprint density at radius 1 is 1.16 bits per heavy atom. The molecule has 1 atom stereocenters. The summed E-state index contributed by atoms with van der Waals surface area (Å²) in [5.41, 5.74) is 0. The standard InChI is InChI=1S/C14H26F3NO/c1-12(13-7-4-2-3-5-8-13)18-9-6-10-19-11-14(15,16)17/h12-13,18H,2-11H2,1H3/t12-/m0/s1. The molecule has 0 saturated heterocycles. The molecular weight excluding hydrogens is 255 g/mol. The maximum absolute atomic E-state index is 11.8. The molecule has 1 aliphatic carbocycles. The third-order valence-electron chi connectivity index (χ3n) is 3.80. The van der Waals surface area contributed by atoms with E-state index in [2.05, 4.69) is 17.0 Å². The quantitative estimate of drug-likeness (QED) is 0.564. The predicted molar refractivity (Wildman–Crippen MR) is 70.1 cm³/mol. The largest absolute Gasteiger partial charge is 0.411 e.